The maximum atomic E-state index is 13.2. The van der Waals surface area contributed by atoms with Crippen molar-refractivity contribution >= 4 is 17.9 Å². The summed E-state index contributed by atoms with van der Waals surface area (Å²) in [5, 5.41) is 14.8. The Morgan fingerprint density at radius 2 is 1.52 bits per heavy atom. The molecule has 164 valence electrons. The fourth-order valence-electron chi connectivity index (χ4n) is 4.42. The Hall–Kier alpha value is -3.19. The van der Waals surface area contributed by atoms with Crippen LogP contribution in [0.4, 0.5) is 0 Å². The summed E-state index contributed by atoms with van der Waals surface area (Å²) in [6.07, 6.45) is 2.32. The Morgan fingerprint density at radius 3 is 2.00 bits per heavy atom. The minimum atomic E-state index is -1.82. The first-order chi connectivity index (χ1) is 14.7. The quantitative estimate of drug-likeness (QED) is 0.575. The summed E-state index contributed by atoms with van der Waals surface area (Å²) >= 11 is 0. The van der Waals surface area contributed by atoms with E-state index in [1.165, 1.54) is 6.42 Å². The molecule has 0 saturated carbocycles. The summed E-state index contributed by atoms with van der Waals surface area (Å²) in [6.45, 7) is 4.68. The zero-order valence-corrected chi connectivity index (χ0v) is 17.7. The highest BCUT2D eigenvalue weighted by molar-refractivity contribution is 6.27. The Balaban J connectivity index is 0.000000401. The van der Waals surface area contributed by atoms with Crippen molar-refractivity contribution in [2.45, 2.75) is 25.2 Å². The summed E-state index contributed by atoms with van der Waals surface area (Å²) in [5.74, 6) is -3.33. The topological polar surface area (TPSA) is 104 Å². The van der Waals surface area contributed by atoms with Crippen LogP contribution in [-0.2, 0) is 24.5 Å². The van der Waals surface area contributed by atoms with Crippen molar-refractivity contribution in [3.63, 3.8) is 0 Å². The third kappa shape index (κ3) is 4.61. The van der Waals surface area contributed by atoms with Crippen LogP contribution in [0.1, 0.15) is 30.9 Å². The standard InChI is InChI=1S/C22H25NO2.C2H2O4/c1-22(21(24)25-15-16-8-7-13-23(2)14-16)19-11-5-3-9-17(19)18-10-4-6-12-20(18)22;3-1(4)2(5)6/h3-6,9-12,16H,7-8,13-15H2,1-2H3;(H,3,4)(H,5,6). The first-order valence-corrected chi connectivity index (χ1v) is 10.3. The first-order valence-electron chi connectivity index (χ1n) is 10.3. The van der Waals surface area contributed by atoms with E-state index in [-0.39, 0.29) is 5.97 Å². The second kappa shape index (κ2) is 9.31. The average Bonchev–Trinajstić information content (AvgIpc) is 3.03. The number of carboxylic acids is 2. The van der Waals surface area contributed by atoms with Crippen LogP contribution >= 0.6 is 0 Å². The molecule has 7 heteroatoms. The molecule has 2 aromatic carbocycles. The predicted molar refractivity (Wildman–Crippen MR) is 115 cm³/mol. The SMILES string of the molecule is CN1CCCC(COC(=O)C2(C)c3ccccc3-c3ccccc32)C1.O=C(O)C(=O)O. The highest BCUT2D eigenvalue weighted by atomic mass is 16.5. The number of piperidine rings is 1. The number of carboxylic acid groups (broad SMARTS) is 2. The lowest BCUT2D eigenvalue weighted by atomic mass is 9.80. The summed E-state index contributed by atoms with van der Waals surface area (Å²) in [7, 11) is 2.14. The van der Waals surface area contributed by atoms with Gasteiger partial charge in [0.25, 0.3) is 0 Å². The van der Waals surface area contributed by atoms with Gasteiger partial charge in [0.05, 0.1) is 6.61 Å². The maximum absolute atomic E-state index is 13.2. The lowest BCUT2D eigenvalue weighted by Gasteiger charge is -2.31. The van der Waals surface area contributed by atoms with Gasteiger partial charge in [0.1, 0.15) is 5.41 Å². The van der Waals surface area contributed by atoms with Gasteiger partial charge in [-0.1, -0.05) is 48.5 Å². The largest absolute Gasteiger partial charge is 0.473 e. The molecule has 1 aliphatic heterocycles. The number of esters is 1. The number of hydrogen-bond donors (Lipinski definition) is 2. The van der Waals surface area contributed by atoms with Gasteiger partial charge in [0.2, 0.25) is 0 Å². The van der Waals surface area contributed by atoms with Crippen molar-refractivity contribution in [2.75, 3.05) is 26.7 Å². The molecule has 2 aromatic rings. The molecule has 0 amide bonds. The van der Waals surface area contributed by atoms with Gasteiger partial charge in [-0.25, -0.2) is 9.59 Å². The van der Waals surface area contributed by atoms with Crippen LogP contribution in [-0.4, -0.2) is 59.8 Å². The molecule has 1 atom stereocenters. The van der Waals surface area contributed by atoms with Crippen LogP contribution in [0.3, 0.4) is 0 Å². The van der Waals surface area contributed by atoms with E-state index < -0.39 is 17.4 Å². The van der Waals surface area contributed by atoms with Gasteiger partial charge in [-0.3, -0.25) is 4.79 Å². The van der Waals surface area contributed by atoms with Crippen molar-refractivity contribution in [1.82, 2.24) is 4.90 Å². The van der Waals surface area contributed by atoms with Crippen LogP contribution < -0.4 is 0 Å². The number of hydrogen-bond acceptors (Lipinski definition) is 5. The summed E-state index contributed by atoms with van der Waals surface area (Å²) in [5.41, 5.74) is 3.70. The van der Waals surface area contributed by atoms with E-state index in [0.717, 1.165) is 41.8 Å². The van der Waals surface area contributed by atoms with E-state index in [2.05, 4.69) is 36.2 Å². The first kappa shape index (κ1) is 22.5. The van der Waals surface area contributed by atoms with Crippen LogP contribution in [0, 0.1) is 5.92 Å². The molecule has 1 unspecified atom stereocenters. The second-order valence-electron chi connectivity index (χ2n) is 8.20. The van der Waals surface area contributed by atoms with Gasteiger partial charge in [-0.15, -0.1) is 0 Å². The predicted octanol–water partition coefficient (Wildman–Crippen LogP) is 3.01. The van der Waals surface area contributed by atoms with Crippen LogP contribution in [0.25, 0.3) is 11.1 Å². The number of nitrogens with zero attached hydrogens (tertiary/aromatic N) is 1. The minimum absolute atomic E-state index is 0.127. The van der Waals surface area contributed by atoms with Crippen molar-refractivity contribution in [3.05, 3.63) is 59.7 Å². The maximum Gasteiger partial charge on any atom is 0.414 e. The van der Waals surface area contributed by atoms with Crippen LogP contribution in [0.15, 0.2) is 48.5 Å². The number of likely N-dealkylation sites (tertiary alicyclic amines) is 1. The van der Waals surface area contributed by atoms with Crippen molar-refractivity contribution < 1.29 is 29.3 Å². The molecule has 0 spiro atoms. The van der Waals surface area contributed by atoms with Crippen molar-refractivity contribution in [2.24, 2.45) is 5.92 Å². The number of fused-ring (bicyclic) bond motifs is 3. The summed E-state index contributed by atoms with van der Waals surface area (Å²) in [4.78, 5) is 33.7. The summed E-state index contributed by atoms with van der Waals surface area (Å²) in [6, 6.07) is 16.4. The van der Waals surface area contributed by atoms with Gasteiger partial charge in [0, 0.05) is 12.5 Å². The molecule has 7 nitrogen and oxygen atoms in total. The Morgan fingerprint density at radius 1 is 1.00 bits per heavy atom. The Kier molecular flexibility index (Phi) is 6.75. The van der Waals surface area contributed by atoms with Gasteiger partial charge in [-0.05, 0) is 55.6 Å². The smallest absolute Gasteiger partial charge is 0.414 e. The molecule has 0 bridgehead atoms. The highest BCUT2D eigenvalue weighted by Gasteiger charge is 2.46. The number of benzene rings is 2. The number of carbonyl (C=O) groups excluding carboxylic acids is 1. The molecule has 2 N–H and O–H groups in total. The van der Waals surface area contributed by atoms with E-state index in [4.69, 9.17) is 24.5 Å². The normalized spacial score (nSPS) is 18.7. The number of ether oxygens (including phenoxy) is 1. The van der Waals surface area contributed by atoms with E-state index in [0.29, 0.717) is 12.5 Å². The molecule has 1 fully saturated rings. The molecule has 1 saturated heterocycles. The fourth-order valence-corrected chi connectivity index (χ4v) is 4.42. The van der Waals surface area contributed by atoms with E-state index in [1.807, 2.05) is 31.2 Å². The monoisotopic (exact) mass is 425 g/mol. The number of rotatable bonds is 3. The Bertz CT molecular complexity index is 928. The van der Waals surface area contributed by atoms with Crippen LogP contribution in [0.5, 0.6) is 0 Å². The Labute approximate surface area is 181 Å². The molecule has 1 heterocycles. The highest BCUT2D eigenvalue weighted by Crippen LogP contribution is 2.49. The third-order valence-electron chi connectivity index (χ3n) is 5.99. The molecule has 2 aliphatic rings. The van der Waals surface area contributed by atoms with Crippen LogP contribution in [0.2, 0.25) is 0 Å². The number of carbonyl (C=O) groups is 3. The molecule has 4 rings (SSSR count). The van der Waals surface area contributed by atoms with Crippen molar-refractivity contribution in [3.8, 4) is 11.1 Å². The lowest BCUT2D eigenvalue weighted by Crippen LogP contribution is -2.38. The van der Waals surface area contributed by atoms with Crippen molar-refractivity contribution in [1.29, 1.82) is 0 Å². The number of aliphatic carboxylic acids is 2. The van der Waals surface area contributed by atoms with Gasteiger partial charge in [-0.2, -0.15) is 0 Å². The zero-order chi connectivity index (χ0) is 22.6. The van der Waals surface area contributed by atoms with E-state index >= 15 is 0 Å². The minimum Gasteiger partial charge on any atom is -0.473 e. The van der Waals surface area contributed by atoms with Gasteiger partial charge < -0.3 is 19.8 Å². The second-order valence-corrected chi connectivity index (χ2v) is 8.20. The van der Waals surface area contributed by atoms with Gasteiger partial charge in [0.15, 0.2) is 0 Å². The lowest BCUT2D eigenvalue weighted by molar-refractivity contribution is -0.159. The van der Waals surface area contributed by atoms with Gasteiger partial charge >= 0.3 is 17.9 Å². The summed E-state index contributed by atoms with van der Waals surface area (Å²) < 4.78 is 5.86. The average molecular weight is 425 g/mol. The molecule has 0 radical (unpaired) electrons. The molecule has 31 heavy (non-hydrogen) atoms. The molecular weight excluding hydrogens is 398 g/mol. The fraction of sp³-hybridized carbons (Fsp3) is 0.375. The third-order valence-corrected chi connectivity index (χ3v) is 5.99. The molecular formula is C24H27NO6. The molecule has 0 aromatic heterocycles. The molecule has 1 aliphatic carbocycles. The van der Waals surface area contributed by atoms with E-state index in [1.54, 1.807) is 0 Å². The zero-order valence-electron chi connectivity index (χ0n) is 17.7. The van der Waals surface area contributed by atoms with E-state index in [9.17, 15) is 4.79 Å².